The number of likely N-dealkylation sites (N-methyl/N-ethyl adjacent to an activating group) is 1. The molecule has 2 heterocycles. The summed E-state index contributed by atoms with van der Waals surface area (Å²) in [4.78, 5) is 27.7. The van der Waals surface area contributed by atoms with Crippen LogP contribution < -0.4 is 5.32 Å². The van der Waals surface area contributed by atoms with Gasteiger partial charge in [0.25, 0.3) is 5.91 Å². The lowest BCUT2D eigenvalue weighted by Crippen LogP contribution is -2.50. The van der Waals surface area contributed by atoms with E-state index in [0.717, 1.165) is 5.39 Å². The van der Waals surface area contributed by atoms with Crippen LogP contribution in [0.25, 0.3) is 11.0 Å². The molecule has 0 saturated carbocycles. The molecule has 0 bridgehead atoms. The van der Waals surface area contributed by atoms with Crippen molar-refractivity contribution in [2.45, 2.75) is 0 Å². The van der Waals surface area contributed by atoms with Gasteiger partial charge in [0.1, 0.15) is 5.58 Å². The van der Waals surface area contributed by atoms with Crippen molar-refractivity contribution in [2.75, 3.05) is 39.8 Å². The first-order chi connectivity index (χ1) is 11.1. The molecule has 3 rings (SSSR count). The minimum absolute atomic E-state index is 0.0149. The predicted octanol–water partition coefficient (Wildman–Crippen LogP) is 1.59. The highest BCUT2D eigenvalue weighted by Gasteiger charge is 2.25. The first-order valence-electron chi connectivity index (χ1n) is 7.48. The molecule has 2 amide bonds. The molecule has 2 aromatic rings. The Kier molecular flexibility index (Phi) is 4.54. The second-order valence-electron chi connectivity index (χ2n) is 5.53. The number of nitrogens with one attached hydrogen (secondary N) is 1. The van der Waals surface area contributed by atoms with Gasteiger partial charge in [0, 0.05) is 43.6 Å². The van der Waals surface area contributed by atoms with Gasteiger partial charge in [-0.1, -0.05) is 11.6 Å². The molecule has 0 aliphatic carbocycles. The van der Waals surface area contributed by atoms with E-state index >= 15 is 0 Å². The van der Waals surface area contributed by atoms with Crippen LogP contribution >= 0.6 is 11.6 Å². The monoisotopic (exact) mass is 335 g/mol. The lowest BCUT2D eigenvalue weighted by molar-refractivity contribution is -0.122. The van der Waals surface area contributed by atoms with Crippen LogP contribution in [0.3, 0.4) is 0 Å². The van der Waals surface area contributed by atoms with Gasteiger partial charge in [-0.2, -0.15) is 0 Å². The molecule has 0 atom stereocenters. The smallest absolute Gasteiger partial charge is 0.289 e. The Morgan fingerprint density at radius 3 is 2.65 bits per heavy atom. The van der Waals surface area contributed by atoms with Gasteiger partial charge in [-0.25, -0.2) is 0 Å². The molecule has 6 nitrogen and oxygen atoms in total. The Morgan fingerprint density at radius 2 is 1.96 bits per heavy atom. The highest BCUT2D eigenvalue weighted by atomic mass is 35.5. The summed E-state index contributed by atoms with van der Waals surface area (Å²) in [5, 5.41) is 4.03. The number of amides is 2. The molecule has 0 spiro atoms. The Hall–Kier alpha value is -2.05. The van der Waals surface area contributed by atoms with Crippen molar-refractivity contribution in [1.29, 1.82) is 0 Å². The van der Waals surface area contributed by atoms with Gasteiger partial charge in [0.2, 0.25) is 5.91 Å². The number of benzene rings is 1. The second-order valence-corrected chi connectivity index (χ2v) is 5.97. The van der Waals surface area contributed by atoms with Crippen molar-refractivity contribution < 1.29 is 14.0 Å². The average Bonchev–Trinajstić information content (AvgIpc) is 2.97. The number of halogens is 1. The van der Waals surface area contributed by atoms with Crippen LogP contribution in [0.5, 0.6) is 0 Å². The van der Waals surface area contributed by atoms with E-state index in [1.54, 1.807) is 36.2 Å². The number of piperazine rings is 1. The normalized spacial score (nSPS) is 15.8. The van der Waals surface area contributed by atoms with E-state index in [4.69, 9.17) is 16.0 Å². The van der Waals surface area contributed by atoms with Crippen LogP contribution in [0.15, 0.2) is 28.7 Å². The third-order valence-electron chi connectivity index (χ3n) is 3.99. The zero-order chi connectivity index (χ0) is 16.4. The lowest BCUT2D eigenvalue weighted by atomic mass is 10.2. The van der Waals surface area contributed by atoms with Gasteiger partial charge in [0.15, 0.2) is 5.76 Å². The molecule has 1 saturated heterocycles. The van der Waals surface area contributed by atoms with Crippen LogP contribution in [0, 0.1) is 0 Å². The molecule has 0 unspecified atom stereocenters. The summed E-state index contributed by atoms with van der Waals surface area (Å²) in [7, 11) is 1.62. The van der Waals surface area contributed by atoms with Crippen LogP contribution in [0.1, 0.15) is 10.6 Å². The molecule has 1 aliphatic rings. The number of carbonyl (C=O) groups excluding carboxylic acids is 2. The summed E-state index contributed by atoms with van der Waals surface area (Å²) in [6, 6.07) is 6.99. The van der Waals surface area contributed by atoms with Gasteiger partial charge < -0.3 is 14.6 Å². The maximum absolute atomic E-state index is 12.5. The van der Waals surface area contributed by atoms with Gasteiger partial charge in [-0.15, -0.1) is 0 Å². The number of furan rings is 1. The van der Waals surface area contributed by atoms with Crippen molar-refractivity contribution in [1.82, 2.24) is 15.1 Å². The molecule has 1 N–H and O–H groups in total. The summed E-state index contributed by atoms with van der Waals surface area (Å²) in [6.07, 6.45) is 0. The molecule has 7 heteroatoms. The van der Waals surface area contributed by atoms with E-state index in [1.807, 2.05) is 4.90 Å². The third-order valence-corrected chi connectivity index (χ3v) is 4.23. The fraction of sp³-hybridized carbons (Fsp3) is 0.375. The number of hydrogen-bond donors (Lipinski definition) is 1. The van der Waals surface area contributed by atoms with Crippen molar-refractivity contribution in [3.8, 4) is 0 Å². The van der Waals surface area contributed by atoms with E-state index in [-0.39, 0.29) is 11.8 Å². The zero-order valence-corrected chi connectivity index (χ0v) is 13.6. The highest BCUT2D eigenvalue weighted by Crippen LogP contribution is 2.24. The second kappa shape index (κ2) is 6.60. The first-order valence-corrected chi connectivity index (χ1v) is 7.86. The Balaban J connectivity index is 1.65. The fourth-order valence-electron chi connectivity index (χ4n) is 2.67. The number of fused-ring (bicyclic) bond motifs is 1. The largest absolute Gasteiger partial charge is 0.451 e. The summed E-state index contributed by atoms with van der Waals surface area (Å²) in [5.74, 6) is 0.179. The number of carbonyl (C=O) groups is 2. The van der Waals surface area contributed by atoms with Gasteiger partial charge in [0.05, 0.1) is 6.54 Å². The Bertz CT molecular complexity index is 735. The maximum Gasteiger partial charge on any atom is 0.289 e. The lowest BCUT2D eigenvalue weighted by Gasteiger charge is -2.33. The van der Waals surface area contributed by atoms with Crippen molar-refractivity contribution in [3.63, 3.8) is 0 Å². The molecular weight excluding hydrogens is 318 g/mol. The van der Waals surface area contributed by atoms with E-state index in [1.165, 1.54) is 0 Å². The molecule has 23 heavy (non-hydrogen) atoms. The molecule has 122 valence electrons. The van der Waals surface area contributed by atoms with E-state index in [0.29, 0.717) is 49.1 Å². The molecular formula is C16H18ClN3O3. The van der Waals surface area contributed by atoms with Gasteiger partial charge in [-0.05, 0) is 24.3 Å². The zero-order valence-electron chi connectivity index (χ0n) is 12.8. The van der Waals surface area contributed by atoms with E-state index in [2.05, 4.69) is 5.32 Å². The third kappa shape index (κ3) is 3.48. The number of nitrogens with zero attached hydrogens (tertiary/aromatic N) is 2. The quantitative estimate of drug-likeness (QED) is 0.925. The summed E-state index contributed by atoms with van der Waals surface area (Å²) < 4.78 is 5.62. The van der Waals surface area contributed by atoms with Crippen LogP contribution in [0.4, 0.5) is 0 Å². The molecule has 1 fully saturated rings. The van der Waals surface area contributed by atoms with Gasteiger partial charge in [-0.3, -0.25) is 14.5 Å². The minimum atomic E-state index is -0.128. The van der Waals surface area contributed by atoms with Crippen LogP contribution in [-0.4, -0.2) is 61.4 Å². The SMILES string of the molecule is CNC(=O)CN1CCN(C(=O)c2cc3cc(Cl)ccc3o2)CC1. The van der Waals surface area contributed by atoms with Crippen molar-refractivity contribution >= 4 is 34.4 Å². The maximum atomic E-state index is 12.5. The van der Waals surface area contributed by atoms with E-state index < -0.39 is 0 Å². The first kappa shape index (κ1) is 15.8. The minimum Gasteiger partial charge on any atom is -0.451 e. The summed E-state index contributed by atoms with van der Waals surface area (Å²) in [6.45, 7) is 2.86. The predicted molar refractivity (Wildman–Crippen MR) is 87.6 cm³/mol. The summed E-state index contributed by atoms with van der Waals surface area (Å²) >= 11 is 5.95. The standard InChI is InChI=1S/C16H18ClN3O3/c1-18-15(21)10-19-4-6-20(7-5-19)16(22)14-9-11-8-12(17)2-3-13(11)23-14/h2-3,8-9H,4-7,10H2,1H3,(H,18,21). The molecule has 1 aliphatic heterocycles. The highest BCUT2D eigenvalue weighted by molar-refractivity contribution is 6.31. The van der Waals surface area contributed by atoms with Gasteiger partial charge >= 0.3 is 0 Å². The molecule has 1 aromatic carbocycles. The fourth-order valence-corrected chi connectivity index (χ4v) is 2.85. The molecule has 0 radical (unpaired) electrons. The summed E-state index contributed by atoms with van der Waals surface area (Å²) in [5.41, 5.74) is 0.649. The van der Waals surface area contributed by atoms with E-state index in [9.17, 15) is 9.59 Å². The van der Waals surface area contributed by atoms with Crippen molar-refractivity contribution in [3.05, 3.63) is 35.0 Å². The number of rotatable bonds is 3. The van der Waals surface area contributed by atoms with Crippen LogP contribution in [-0.2, 0) is 4.79 Å². The molecule has 1 aromatic heterocycles. The Morgan fingerprint density at radius 1 is 1.22 bits per heavy atom. The van der Waals surface area contributed by atoms with Crippen LogP contribution in [0.2, 0.25) is 5.02 Å². The average molecular weight is 336 g/mol. The van der Waals surface area contributed by atoms with Crippen molar-refractivity contribution in [2.24, 2.45) is 0 Å². The Labute approximate surface area is 139 Å². The topological polar surface area (TPSA) is 65.8 Å². The number of hydrogen-bond acceptors (Lipinski definition) is 4.